The van der Waals surface area contributed by atoms with Crippen LogP contribution in [0, 0.1) is 10.8 Å². The normalized spacial score (nSPS) is 11.5. The van der Waals surface area contributed by atoms with Crippen LogP contribution in [0.5, 0.6) is 0 Å². The molecule has 3 aromatic carbocycles. The van der Waals surface area contributed by atoms with Crippen LogP contribution in [-0.2, 0) is 5.41 Å². The summed E-state index contributed by atoms with van der Waals surface area (Å²) in [5.74, 6) is 0.677. The molecular formula is C26H26BrN5. The van der Waals surface area contributed by atoms with E-state index in [0.29, 0.717) is 5.82 Å². The zero-order chi connectivity index (χ0) is 23.0. The number of nitrogens with one attached hydrogen (secondary N) is 2. The average molecular weight is 488 g/mol. The maximum absolute atomic E-state index is 8.33. The molecule has 0 spiro atoms. The molecule has 2 N–H and O–H groups in total. The highest BCUT2D eigenvalue weighted by Crippen LogP contribution is 2.32. The smallest absolute Gasteiger partial charge is 0.229 e. The van der Waals surface area contributed by atoms with E-state index in [2.05, 4.69) is 78.1 Å². The van der Waals surface area contributed by atoms with E-state index in [-0.39, 0.29) is 11.0 Å². The first-order valence-corrected chi connectivity index (χ1v) is 11.2. The van der Waals surface area contributed by atoms with Crippen LogP contribution in [0.3, 0.4) is 0 Å². The molecule has 0 aliphatic rings. The van der Waals surface area contributed by atoms with Gasteiger partial charge in [-0.1, -0.05) is 73.1 Å². The molecular weight excluding hydrogens is 462 g/mol. The molecule has 0 unspecified atom stereocenters. The molecule has 0 fully saturated rings. The molecule has 5 nitrogen and oxygen atoms in total. The van der Waals surface area contributed by atoms with Gasteiger partial charge >= 0.3 is 0 Å². The van der Waals surface area contributed by atoms with E-state index in [0.717, 1.165) is 38.5 Å². The molecule has 1 aromatic heterocycles. The fourth-order valence-corrected chi connectivity index (χ4v) is 4.14. The average Bonchev–Trinajstić information content (AvgIpc) is 2.77. The summed E-state index contributed by atoms with van der Waals surface area (Å²) in [4.78, 5) is 6.50. The lowest BCUT2D eigenvalue weighted by Gasteiger charge is -2.22. The zero-order valence-corrected chi connectivity index (χ0v) is 20.2. The van der Waals surface area contributed by atoms with Gasteiger partial charge in [0.15, 0.2) is 0 Å². The standard InChI is InChI=1S/C26H26BrN5/c1-26(2,3)19-10-8-17(9-11-19)18-6-5-7-21(14-18)31(4)24-22-13-12-20(27)15-23(22)32(16-28)25(29)30-24/h5-16,28-29H,1-4H3. The van der Waals surface area contributed by atoms with Gasteiger partial charge in [-0.2, -0.15) is 4.98 Å². The molecule has 0 amide bonds. The molecule has 0 saturated heterocycles. The Balaban J connectivity index is 1.78. The van der Waals surface area contributed by atoms with E-state index in [1.165, 1.54) is 10.1 Å². The van der Waals surface area contributed by atoms with Gasteiger partial charge in [0.25, 0.3) is 0 Å². The van der Waals surface area contributed by atoms with Crippen LogP contribution in [0.4, 0.5) is 11.5 Å². The highest BCUT2D eigenvalue weighted by molar-refractivity contribution is 9.10. The Morgan fingerprint density at radius 3 is 2.34 bits per heavy atom. The maximum atomic E-state index is 8.33. The monoisotopic (exact) mass is 487 g/mol. The van der Waals surface area contributed by atoms with E-state index >= 15 is 0 Å². The number of hydrogen-bond donors (Lipinski definition) is 2. The third-order valence-corrected chi connectivity index (χ3v) is 6.16. The highest BCUT2D eigenvalue weighted by Gasteiger charge is 2.15. The molecule has 6 heteroatoms. The van der Waals surface area contributed by atoms with Crippen molar-refractivity contribution >= 4 is 44.7 Å². The predicted molar refractivity (Wildman–Crippen MR) is 136 cm³/mol. The first-order valence-electron chi connectivity index (χ1n) is 10.4. The first-order chi connectivity index (χ1) is 15.2. The first kappa shape index (κ1) is 22.0. The van der Waals surface area contributed by atoms with E-state index < -0.39 is 0 Å². The number of halogens is 1. The van der Waals surface area contributed by atoms with E-state index in [1.807, 2.05) is 42.3 Å². The summed E-state index contributed by atoms with van der Waals surface area (Å²) in [5.41, 5.74) is 5.46. The Morgan fingerprint density at radius 2 is 1.69 bits per heavy atom. The lowest BCUT2D eigenvalue weighted by atomic mass is 9.86. The fraction of sp³-hybridized carbons (Fsp3) is 0.192. The van der Waals surface area contributed by atoms with Crippen LogP contribution in [0.1, 0.15) is 26.3 Å². The molecule has 0 aliphatic carbocycles. The number of hydrogen-bond acceptors (Lipinski definition) is 4. The minimum absolute atomic E-state index is 0.0152. The van der Waals surface area contributed by atoms with Crippen LogP contribution in [0.25, 0.3) is 22.0 Å². The van der Waals surface area contributed by atoms with E-state index in [1.54, 1.807) is 0 Å². The topological polar surface area (TPSA) is 68.8 Å². The Hall–Kier alpha value is -3.25. The van der Waals surface area contributed by atoms with Gasteiger partial charge in [0, 0.05) is 22.6 Å². The number of aromatic nitrogens is 2. The van der Waals surface area contributed by atoms with Crippen molar-refractivity contribution in [1.29, 1.82) is 10.8 Å². The number of benzene rings is 3. The quantitative estimate of drug-likeness (QED) is 0.256. The second kappa shape index (κ2) is 8.36. The van der Waals surface area contributed by atoms with Crippen LogP contribution < -0.4 is 10.5 Å². The van der Waals surface area contributed by atoms with E-state index in [9.17, 15) is 0 Å². The Morgan fingerprint density at radius 1 is 0.969 bits per heavy atom. The Kier molecular flexibility index (Phi) is 5.73. The summed E-state index contributed by atoms with van der Waals surface area (Å²) in [5, 5.41) is 16.9. The molecule has 0 aliphatic heterocycles. The molecule has 1 heterocycles. The van der Waals surface area contributed by atoms with Gasteiger partial charge in [-0.15, -0.1) is 0 Å². The van der Waals surface area contributed by atoms with Gasteiger partial charge in [-0.25, -0.2) is 0 Å². The highest BCUT2D eigenvalue weighted by atomic mass is 79.9. The second-order valence-corrected chi connectivity index (χ2v) is 9.77. The molecule has 162 valence electrons. The van der Waals surface area contributed by atoms with Gasteiger partial charge in [-0.3, -0.25) is 15.4 Å². The summed E-state index contributed by atoms with van der Waals surface area (Å²) in [6.45, 7) is 6.65. The molecule has 0 saturated carbocycles. The van der Waals surface area contributed by atoms with Crippen molar-refractivity contribution in [2.75, 3.05) is 11.9 Å². The van der Waals surface area contributed by atoms with Crippen molar-refractivity contribution in [2.24, 2.45) is 0 Å². The molecule has 4 aromatic rings. The summed E-state index contributed by atoms with van der Waals surface area (Å²) < 4.78 is 2.35. The predicted octanol–water partition coefficient (Wildman–Crippen LogP) is 6.47. The van der Waals surface area contributed by atoms with Gasteiger partial charge in [-0.05, 0) is 52.4 Å². The maximum Gasteiger partial charge on any atom is 0.229 e. The summed E-state index contributed by atoms with van der Waals surface area (Å²) in [6.07, 6.45) is 1.12. The Labute approximate surface area is 196 Å². The van der Waals surface area contributed by atoms with Crippen molar-refractivity contribution in [2.45, 2.75) is 26.2 Å². The van der Waals surface area contributed by atoms with Crippen LogP contribution in [-0.4, -0.2) is 22.9 Å². The number of nitrogens with zero attached hydrogens (tertiary/aromatic N) is 3. The minimum Gasteiger partial charge on any atom is -0.329 e. The molecule has 4 rings (SSSR count). The van der Waals surface area contributed by atoms with E-state index in [4.69, 9.17) is 10.8 Å². The van der Waals surface area contributed by atoms with Gasteiger partial charge in [0.05, 0.1) is 11.9 Å². The van der Waals surface area contributed by atoms with Gasteiger partial charge in [0.1, 0.15) is 5.82 Å². The molecule has 0 atom stereocenters. The summed E-state index contributed by atoms with van der Waals surface area (Å²) >= 11 is 3.50. The van der Waals surface area contributed by atoms with Crippen molar-refractivity contribution in [3.05, 3.63) is 82.4 Å². The third-order valence-electron chi connectivity index (χ3n) is 5.66. The Bertz CT molecular complexity index is 1360. The number of rotatable bonds is 4. The largest absolute Gasteiger partial charge is 0.329 e. The SMILES string of the molecule is CN(c1cccc(-c2ccc(C(C)(C)C)cc2)c1)c1nc(=N)n(C=N)c2cc(Br)ccc12. The van der Waals surface area contributed by atoms with Crippen molar-refractivity contribution in [1.82, 2.24) is 9.55 Å². The number of anilines is 2. The minimum atomic E-state index is 0.0152. The van der Waals surface area contributed by atoms with Gasteiger partial charge in [0.2, 0.25) is 5.62 Å². The lowest BCUT2D eigenvalue weighted by Crippen LogP contribution is -2.26. The lowest BCUT2D eigenvalue weighted by molar-refractivity contribution is 0.590. The summed E-state index contributed by atoms with van der Waals surface area (Å²) in [6, 6.07) is 22.9. The van der Waals surface area contributed by atoms with Gasteiger partial charge < -0.3 is 4.90 Å². The molecule has 0 bridgehead atoms. The van der Waals surface area contributed by atoms with Crippen molar-refractivity contribution < 1.29 is 0 Å². The number of fused-ring (bicyclic) bond motifs is 1. The van der Waals surface area contributed by atoms with Crippen molar-refractivity contribution in [3.8, 4) is 11.1 Å². The molecule has 0 radical (unpaired) electrons. The van der Waals surface area contributed by atoms with Crippen LogP contribution in [0.2, 0.25) is 0 Å². The van der Waals surface area contributed by atoms with Crippen LogP contribution in [0.15, 0.2) is 71.2 Å². The zero-order valence-electron chi connectivity index (χ0n) is 18.6. The fourth-order valence-electron chi connectivity index (χ4n) is 3.79. The second-order valence-electron chi connectivity index (χ2n) is 8.86. The van der Waals surface area contributed by atoms with Crippen LogP contribution >= 0.6 is 15.9 Å². The van der Waals surface area contributed by atoms with Crippen molar-refractivity contribution in [3.63, 3.8) is 0 Å². The summed E-state index contributed by atoms with van der Waals surface area (Å²) in [7, 11) is 1.96. The third kappa shape index (κ3) is 4.10. The molecule has 32 heavy (non-hydrogen) atoms.